The average Bonchev–Trinajstić information content (AvgIpc) is 2.53. The van der Waals surface area contributed by atoms with Crippen LogP contribution in [-0.4, -0.2) is 24.9 Å². The van der Waals surface area contributed by atoms with Crippen LogP contribution in [0.4, 0.5) is 10.1 Å². The van der Waals surface area contributed by atoms with Crippen molar-refractivity contribution in [3.05, 3.63) is 64.9 Å². The second-order valence-electron chi connectivity index (χ2n) is 4.91. The van der Waals surface area contributed by atoms with Crippen molar-refractivity contribution in [2.75, 3.05) is 18.0 Å². The molecule has 0 aliphatic heterocycles. The number of benzene rings is 2. The van der Waals surface area contributed by atoms with Gasteiger partial charge in [-0.15, -0.1) is 0 Å². The first-order chi connectivity index (χ1) is 11.0. The maximum atomic E-state index is 13.0. The van der Waals surface area contributed by atoms with Gasteiger partial charge in [0.2, 0.25) is 5.91 Å². The molecule has 0 atom stereocenters. The van der Waals surface area contributed by atoms with Crippen LogP contribution in [0.3, 0.4) is 0 Å². The molecule has 2 rings (SSSR count). The third-order valence-electron chi connectivity index (χ3n) is 3.25. The lowest BCUT2D eigenvalue weighted by Gasteiger charge is -2.21. The minimum atomic E-state index is -0.367. The predicted molar refractivity (Wildman–Crippen MR) is 88.2 cm³/mol. The standard InChI is InChI=1S/C17H16ClFN2O2/c1-12(22)21(16-8-6-15(19)7-9-16)11-10-20-17(23)13-2-4-14(18)5-3-13/h2-9H,10-11H2,1H3,(H,20,23). The molecular weight excluding hydrogens is 319 g/mol. The van der Waals surface area contributed by atoms with E-state index < -0.39 is 0 Å². The van der Waals surface area contributed by atoms with Gasteiger partial charge in [-0.2, -0.15) is 0 Å². The molecule has 0 aliphatic carbocycles. The molecule has 0 saturated heterocycles. The number of rotatable bonds is 5. The summed E-state index contributed by atoms with van der Waals surface area (Å²) in [4.78, 5) is 25.2. The van der Waals surface area contributed by atoms with Crippen LogP contribution in [0.15, 0.2) is 48.5 Å². The summed E-state index contributed by atoms with van der Waals surface area (Å²) in [6.45, 7) is 1.99. The third-order valence-corrected chi connectivity index (χ3v) is 3.50. The summed E-state index contributed by atoms with van der Waals surface area (Å²) in [6.07, 6.45) is 0. The Balaban J connectivity index is 1.94. The highest BCUT2D eigenvalue weighted by atomic mass is 35.5. The Morgan fingerprint density at radius 3 is 2.26 bits per heavy atom. The van der Waals surface area contributed by atoms with E-state index >= 15 is 0 Å². The summed E-state index contributed by atoms with van der Waals surface area (Å²) in [6, 6.07) is 12.2. The SMILES string of the molecule is CC(=O)N(CCNC(=O)c1ccc(Cl)cc1)c1ccc(F)cc1. The number of anilines is 1. The maximum absolute atomic E-state index is 13.0. The van der Waals surface area contributed by atoms with Crippen LogP contribution >= 0.6 is 11.6 Å². The Labute approximate surface area is 138 Å². The largest absolute Gasteiger partial charge is 0.350 e. The molecule has 23 heavy (non-hydrogen) atoms. The molecule has 4 nitrogen and oxygen atoms in total. The van der Waals surface area contributed by atoms with Gasteiger partial charge >= 0.3 is 0 Å². The van der Waals surface area contributed by atoms with E-state index in [0.717, 1.165) is 0 Å². The summed E-state index contributed by atoms with van der Waals surface area (Å²) in [7, 11) is 0. The lowest BCUT2D eigenvalue weighted by Crippen LogP contribution is -2.37. The Morgan fingerprint density at radius 2 is 1.70 bits per heavy atom. The molecular formula is C17H16ClFN2O2. The molecule has 0 radical (unpaired) electrons. The molecule has 0 unspecified atom stereocenters. The number of halogens is 2. The molecule has 2 aromatic carbocycles. The smallest absolute Gasteiger partial charge is 0.251 e. The van der Waals surface area contributed by atoms with Crippen LogP contribution in [-0.2, 0) is 4.79 Å². The number of hydrogen-bond donors (Lipinski definition) is 1. The molecule has 1 N–H and O–H groups in total. The molecule has 6 heteroatoms. The van der Waals surface area contributed by atoms with Gasteiger partial charge < -0.3 is 10.2 Å². The summed E-state index contributed by atoms with van der Waals surface area (Å²) in [5.74, 6) is -0.796. The predicted octanol–water partition coefficient (Wildman–Crippen LogP) is 3.26. The lowest BCUT2D eigenvalue weighted by atomic mass is 10.2. The number of hydrogen-bond acceptors (Lipinski definition) is 2. The van der Waals surface area contributed by atoms with Gasteiger partial charge in [0.05, 0.1) is 0 Å². The van der Waals surface area contributed by atoms with Crippen LogP contribution in [0.1, 0.15) is 17.3 Å². The van der Waals surface area contributed by atoms with Gasteiger partial charge in [-0.3, -0.25) is 9.59 Å². The van der Waals surface area contributed by atoms with Crippen LogP contribution < -0.4 is 10.2 Å². The first kappa shape index (κ1) is 17.0. The fraction of sp³-hybridized carbons (Fsp3) is 0.176. The number of amides is 2. The Kier molecular flexibility index (Phi) is 5.71. The van der Waals surface area contributed by atoms with Crippen molar-refractivity contribution >= 4 is 29.1 Å². The van der Waals surface area contributed by atoms with E-state index in [2.05, 4.69) is 5.32 Å². The molecule has 2 aromatic rings. The summed E-state index contributed by atoms with van der Waals surface area (Å²) < 4.78 is 13.0. The Bertz CT molecular complexity index is 687. The fourth-order valence-electron chi connectivity index (χ4n) is 2.07. The number of nitrogens with zero attached hydrogens (tertiary/aromatic N) is 1. The first-order valence-electron chi connectivity index (χ1n) is 7.05. The second-order valence-corrected chi connectivity index (χ2v) is 5.35. The van der Waals surface area contributed by atoms with E-state index in [4.69, 9.17) is 11.6 Å². The Hall–Kier alpha value is -2.40. The van der Waals surface area contributed by atoms with E-state index in [1.54, 1.807) is 24.3 Å². The molecule has 0 aromatic heterocycles. The minimum absolute atomic E-state index is 0.183. The highest BCUT2D eigenvalue weighted by Gasteiger charge is 2.12. The molecule has 0 bridgehead atoms. The van der Waals surface area contributed by atoms with Gasteiger partial charge in [0.25, 0.3) is 5.91 Å². The average molecular weight is 335 g/mol. The van der Waals surface area contributed by atoms with E-state index in [9.17, 15) is 14.0 Å². The van der Waals surface area contributed by atoms with Gasteiger partial charge in [0.15, 0.2) is 0 Å². The van der Waals surface area contributed by atoms with Gasteiger partial charge in [-0.25, -0.2) is 4.39 Å². The highest BCUT2D eigenvalue weighted by molar-refractivity contribution is 6.30. The summed E-state index contributed by atoms with van der Waals surface area (Å²) in [5, 5.41) is 3.29. The normalized spacial score (nSPS) is 10.2. The molecule has 0 heterocycles. The molecule has 0 aliphatic rings. The van der Waals surface area contributed by atoms with E-state index in [-0.39, 0.29) is 24.2 Å². The topological polar surface area (TPSA) is 49.4 Å². The zero-order valence-electron chi connectivity index (χ0n) is 12.6. The quantitative estimate of drug-likeness (QED) is 0.912. The van der Waals surface area contributed by atoms with Crippen LogP contribution in [0, 0.1) is 5.82 Å². The van der Waals surface area contributed by atoms with Crippen molar-refractivity contribution in [2.45, 2.75) is 6.92 Å². The van der Waals surface area contributed by atoms with Crippen LogP contribution in [0.2, 0.25) is 5.02 Å². The second kappa shape index (κ2) is 7.74. The van der Waals surface area contributed by atoms with E-state index in [0.29, 0.717) is 22.8 Å². The zero-order valence-corrected chi connectivity index (χ0v) is 13.3. The van der Waals surface area contributed by atoms with Crippen molar-refractivity contribution < 1.29 is 14.0 Å². The van der Waals surface area contributed by atoms with Crippen molar-refractivity contribution in [1.82, 2.24) is 5.32 Å². The molecule has 0 saturated carbocycles. The first-order valence-corrected chi connectivity index (χ1v) is 7.42. The minimum Gasteiger partial charge on any atom is -0.350 e. The Morgan fingerprint density at radius 1 is 1.09 bits per heavy atom. The van der Waals surface area contributed by atoms with Crippen molar-refractivity contribution in [1.29, 1.82) is 0 Å². The van der Waals surface area contributed by atoms with Gasteiger partial charge in [0, 0.05) is 36.3 Å². The van der Waals surface area contributed by atoms with Crippen LogP contribution in [0.5, 0.6) is 0 Å². The van der Waals surface area contributed by atoms with Crippen molar-refractivity contribution in [2.24, 2.45) is 0 Å². The van der Waals surface area contributed by atoms with Gasteiger partial charge in [-0.05, 0) is 48.5 Å². The molecule has 2 amide bonds. The summed E-state index contributed by atoms with van der Waals surface area (Å²) >= 11 is 5.77. The van der Waals surface area contributed by atoms with Gasteiger partial charge in [0.1, 0.15) is 5.82 Å². The van der Waals surface area contributed by atoms with Crippen LogP contribution in [0.25, 0.3) is 0 Å². The maximum Gasteiger partial charge on any atom is 0.251 e. The van der Waals surface area contributed by atoms with Crippen molar-refractivity contribution in [3.63, 3.8) is 0 Å². The summed E-state index contributed by atoms with van der Waals surface area (Å²) in [5.41, 5.74) is 1.07. The fourth-order valence-corrected chi connectivity index (χ4v) is 2.20. The van der Waals surface area contributed by atoms with E-state index in [1.807, 2.05) is 0 Å². The lowest BCUT2D eigenvalue weighted by molar-refractivity contribution is -0.116. The third kappa shape index (κ3) is 4.79. The highest BCUT2D eigenvalue weighted by Crippen LogP contribution is 2.14. The zero-order chi connectivity index (χ0) is 16.8. The number of carbonyl (C=O) groups excluding carboxylic acids is 2. The number of carbonyl (C=O) groups is 2. The van der Waals surface area contributed by atoms with Gasteiger partial charge in [-0.1, -0.05) is 11.6 Å². The monoisotopic (exact) mass is 334 g/mol. The van der Waals surface area contributed by atoms with Crippen molar-refractivity contribution in [3.8, 4) is 0 Å². The molecule has 0 fully saturated rings. The molecule has 120 valence electrons. The van der Waals surface area contributed by atoms with E-state index in [1.165, 1.54) is 36.1 Å². The number of nitrogens with one attached hydrogen (secondary N) is 1. The molecule has 0 spiro atoms.